The Bertz CT molecular complexity index is 800. The first-order chi connectivity index (χ1) is 9.63. The number of aromatic amines is 1. The maximum atomic E-state index is 10.7. The number of halogens is 1. The largest absolute Gasteiger partial charge is 0.481 e. The lowest BCUT2D eigenvalue weighted by molar-refractivity contribution is -0.136. The zero-order chi connectivity index (χ0) is 14.1. The van der Waals surface area contributed by atoms with Gasteiger partial charge in [0.15, 0.2) is 11.0 Å². The van der Waals surface area contributed by atoms with E-state index < -0.39 is 5.97 Å². The van der Waals surface area contributed by atoms with Crippen molar-refractivity contribution >= 4 is 28.6 Å². The Balaban J connectivity index is 2.08. The highest BCUT2D eigenvalue weighted by molar-refractivity contribution is 6.33. The summed E-state index contributed by atoms with van der Waals surface area (Å²) in [7, 11) is 0. The summed E-state index contributed by atoms with van der Waals surface area (Å²) in [4.78, 5) is 19.3. The molecule has 0 aliphatic carbocycles. The number of H-pyrrole nitrogens is 1. The summed E-state index contributed by atoms with van der Waals surface area (Å²) >= 11 is 6.06. The lowest BCUT2D eigenvalue weighted by atomic mass is 10.1. The van der Waals surface area contributed by atoms with Gasteiger partial charge in [-0.1, -0.05) is 29.8 Å². The number of aliphatic carboxylic acids is 1. The normalized spacial score (nSPS) is 10.8. The molecule has 7 heteroatoms. The number of carbonyl (C=O) groups is 1. The predicted molar refractivity (Wildman–Crippen MR) is 73.5 cm³/mol. The van der Waals surface area contributed by atoms with Crippen molar-refractivity contribution in [1.82, 2.24) is 20.2 Å². The van der Waals surface area contributed by atoms with Gasteiger partial charge in [0, 0.05) is 5.56 Å². The van der Waals surface area contributed by atoms with Crippen molar-refractivity contribution in [2.45, 2.75) is 6.42 Å². The summed E-state index contributed by atoms with van der Waals surface area (Å²) in [6.07, 6.45) is 1.52. The van der Waals surface area contributed by atoms with Crippen LogP contribution >= 0.6 is 11.6 Å². The molecule has 2 heterocycles. The molecular formula is C13H9ClN4O2. The number of aromatic nitrogens is 4. The van der Waals surface area contributed by atoms with Gasteiger partial charge in [-0.3, -0.25) is 9.89 Å². The highest BCUT2D eigenvalue weighted by Crippen LogP contribution is 2.23. The molecule has 20 heavy (non-hydrogen) atoms. The number of carboxylic acids is 1. The van der Waals surface area contributed by atoms with Gasteiger partial charge in [-0.25, -0.2) is 9.97 Å². The van der Waals surface area contributed by atoms with Crippen molar-refractivity contribution in [2.24, 2.45) is 0 Å². The van der Waals surface area contributed by atoms with Crippen LogP contribution in [-0.2, 0) is 11.2 Å². The van der Waals surface area contributed by atoms with Crippen LogP contribution in [0, 0.1) is 0 Å². The Hall–Kier alpha value is -2.47. The van der Waals surface area contributed by atoms with Gasteiger partial charge in [0.25, 0.3) is 0 Å². The van der Waals surface area contributed by atoms with Crippen LogP contribution in [0.25, 0.3) is 22.4 Å². The van der Waals surface area contributed by atoms with E-state index in [0.717, 1.165) is 0 Å². The number of benzene rings is 1. The number of nitrogens with zero attached hydrogens (tertiary/aromatic N) is 3. The summed E-state index contributed by atoms with van der Waals surface area (Å²) < 4.78 is 0. The van der Waals surface area contributed by atoms with Gasteiger partial charge in [0.1, 0.15) is 11.0 Å². The quantitative estimate of drug-likeness (QED) is 0.722. The Kier molecular flexibility index (Phi) is 3.08. The molecule has 0 atom stereocenters. The second-order valence-electron chi connectivity index (χ2n) is 4.24. The van der Waals surface area contributed by atoms with E-state index in [4.69, 9.17) is 16.7 Å². The van der Waals surface area contributed by atoms with Crippen molar-refractivity contribution in [2.75, 3.05) is 0 Å². The van der Waals surface area contributed by atoms with Gasteiger partial charge < -0.3 is 5.11 Å². The molecule has 0 aliphatic heterocycles. The fraction of sp³-hybridized carbons (Fsp3) is 0.0769. The SMILES string of the molecule is O=C(O)Cc1cccc(-c2nc(Cl)c3[nH]ncc3n2)c1. The van der Waals surface area contributed by atoms with Crippen molar-refractivity contribution in [3.05, 3.63) is 41.2 Å². The van der Waals surface area contributed by atoms with Crippen LogP contribution < -0.4 is 0 Å². The standard InChI is InChI=1S/C13H9ClN4O2/c14-12-11-9(6-15-18-11)16-13(17-12)8-3-1-2-7(4-8)5-10(19)20/h1-4,6H,5H2,(H,15,18)(H,19,20). The Morgan fingerprint density at radius 1 is 1.35 bits per heavy atom. The molecule has 0 amide bonds. The smallest absolute Gasteiger partial charge is 0.307 e. The zero-order valence-corrected chi connectivity index (χ0v) is 10.9. The fourth-order valence-corrected chi connectivity index (χ4v) is 2.15. The highest BCUT2D eigenvalue weighted by Gasteiger charge is 2.10. The second-order valence-corrected chi connectivity index (χ2v) is 4.60. The van der Waals surface area contributed by atoms with Crippen molar-refractivity contribution in [1.29, 1.82) is 0 Å². The summed E-state index contributed by atoms with van der Waals surface area (Å²) in [5.41, 5.74) is 2.59. The third-order valence-corrected chi connectivity index (χ3v) is 3.07. The van der Waals surface area contributed by atoms with E-state index in [1.807, 2.05) is 6.07 Å². The fourth-order valence-electron chi connectivity index (χ4n) is 1.93. The number of carboxylic acid groups (broad SMARTS) is 1. The Morgan fingerprint density at radius 3 is 3.00 bits per heavy atom. The highest BCUT2D eigenvalue weighted by atomic mass is 35.5. The number of fused-ring (bicyclic) bond motifs is 1. The predicted octanol–water partition coefficient (Wildman–Crippen LogP) is 2.30. The van der Waals surface area contributed by atoms with Crippen LogP contribution in [0.3, 0.4) is 0 Å². The number of nitrogens with one attached hydrogen (secondary N) is 1. The first-order valence-electron chi connectivity index (χ1n) is 5.81. The molecule has 1 aromatic carbocycles. The number of hydrogen-bond acceptors (Lipinski definition) is 4. The summed E-state index contributed by atoms with van der Waals surface area (Å²) in [6, 6.07) is 7.06. The van der Waals surface area contributed by atoms with Crippen LogP contribution in [0.2, 0.25) is 5.15 Å². The maximum Gasteiger partial charge on any atom is 0.307 e. The molecule has 2 N–H and O–H groups in total. The average Bonchev–Trinajstić information content (AvgIpc) is 2.87. The summed E-state index contributed by atoms with van der Waals surface area (Å²) in [6.45, 7) is 0. The topological polar surface area (TPSA) is 91.8 Å². The molecule has 3 aromatic rings. The van der Waals surface area contributed by atoms with Gasteiger partial charge in [-0.05, 0) is 11.6 Å². The van der Waals surface area contributed by atoms with Gasteiger partial charge in [0.05, 0.1) is 12.6 Å². The van der Waals surface area contributed by atoms with Gasteiger partial charge in [-0.2, -0.15) is 5.10 Å². The van der Waals surface area contributed by atoms with E-state index in [-0.39, 0.29) is 11.6 Å². The molecule has 0 aliphatic rings. The summed E-state index contributed by atoms with van der Waals surface area (Å²) in [5.74, 6) is -0.442. The average molecular weight is 289 g/mol. The van der Waals surface area contributed by atoms with Crippen molar-refractivity contribution < 1.29 is 9.90 Å². The molecule has 0 spiro atoms. The first kappa shape index (κ1) is 12.6. The molecule has 0 unspecified atom stereocenters. The van der Waals surface area contributed by atoms with Crippen LogP contribution in [0.4, 0.5) is 0 Å². The van der Waals surface area contributed by atoms with Crippen LogP contribution in [0.1, 0.15) is 5.56 Å². The van der Waals surface area contributed by atoms with Gasteiger partial charge in [-0.15, -0.1) is 0 Å². The van der Waals surface area contributed by atoms with E-state index >= 15 is 0 Å². The monoisotopic (exact) mass is 288 g/mol. The number of hydrogen-bond donors (Lipinski definition) is 2. The van der Waals surface area contributed by atoms with E-state index in [1.165, 1.54) is 0 Å². The van der Waals surface area contributed by atoms with Crippen LogP contribution in [-0.4, -0.2) is 31.2 Å². The van der Waals surface area contributed by atoms with Crippen LogP contribution in [0.5, 0.6) is 0 Å². The molecule has 0 bridgehead atoms. The van der Waals surface area contributed by atoms with E-state index in [2.05, 4.69) is 20.2 Å². The van der Waals surface area contributed by atoms with Gasteiger partial charge >= 0.3 is 5.97 Å². The summed E-state index contributed by atoms with van der Waals surface area (Å²) in [5, 5.41) is 15.7. The molecule has 0 saturated heterocycles. The molecule has 100 valence electrons. The maximum absolute atomic E-state index is 10.7. The molecular weight excluding hydrogens is 280 g/mol. The lowest BCUT2D eigenvalue weighted by Crippen LogP contribution is -2.00. The Labute approximate surface area is 118 Å². The minimum Gasteiger partial charge on any atom is -0.481 e. The molecule has 3 rings (SSSR count). The molecule has 0 saturated carbocycles. The van der Waals surface area contributed by atoms with Gasteiger partial charge in [0.2, 0.25) is 0 Å². The van der Waals surface area contributed by atoms with E-state index in [0.29, 0.717) is 28.0 Å². The zero-order valence-electron chi connectivity index (χ0n) is 10.2. The third kappa shape index (κ3) is 2.33. The third-order valence-electron chi connectivity index (χ3n) is 2.80. The van der Waals surface area contributed by atoms with Crippen molar-refractivity contribution in [3.8, 4) is 11.4 Å². The molecule has 2 aromatic heterocycles. The van der Waals surface area contributed by atoms with E-state index in [1.54, 1.807) is 24.4 Å². The lowest BCUT2D eigenvalue weighted by Gasteiger charge is -2.03. The van der Waals surface area contributed by atoms with Crippen molar-refractivity contribution in [3.63, 3.8) is 0 Å². The Morgan fingerprint density at radius 2 is 2.20 bits per heavy atom. The molecule has 6 nitrogen and oxygen atoms in total. The minimum absolute atomic E-state index is 0.0461. The minimum atomic E-state index is -0.883. The first-order valence-corrected chi connectivity index (χ1v) is 6.19. The van der Waals surface area contributed by atoms with E-state index in [9.17, 15) is 4.79 Å². The number of rotatable bonds is 3. The molecule has 0 radical (unpaired) electrons. The van der Waals surface area contributed by atoms with Crippen LogP contribution in [0.15, 0.2) is 30.5 Å². The second kappa shape index (κ2) is 4.90. The molecule has 0 fully saturated rings.